The molecular formula is C18H23ClN4O2S. The molecule has 2 aromatic carbocycles. The van der Waals surface area contributed by atoms with Crippen molar-refractivity contribution < 1.29 is 8.42 Å². The van der Waals surface area contributed by atoms with Crippen molar-refractivity contribution in [1.82, 2.24) is 15.4 Å². The second-order valence-corrected chi connectivity index (χ2v) is 7.85. The van der Waals surface area contributed by atoms with Crippen molar-refractivity contribution >= 4 is 27.6 Å². The van der Waals surface area contributed by atoms with E-state index in [0.29, 0.717) is 24.1 Å². The lowest BCUT2D eigenvalue weighted by molar-refractivity contribution is 0.588. The first kappa shape index (κ1) is 20.2. The Labute approximate surface area is 159 Å². The third-order valence-electron chi connectivity index (χ3n) is 3.64. The summed E-state index contributed by atoms with van der Waals surface area (Å²) >= 11 is 5.89. The highest BCUT2D eigenvalue weighted by molar-refractivity contribution is 7.89. The summed E-state index contributed by atoms with van der Waals surface area (Å²) in [6, 6.07) is 14.3. The van der Waals surface area contributed by atoms with E-state index in [1.807, 2.05) is 31.2 Å². The molecule has 6 nitrogen and oxygen atoms in total. The molecule has 0 heterocycles. The molecule has 0 radical (unpaired) electrons. The van der Waals surface area contributed by atoms with Crippen LogP contribution in [0.5, 0.6) is 0 Å². The second-order valence-electron chi connectivity index (χ2n) is 5.53. The Balaban J connectivity index is 1.99. The molecule has 2 rings (SSSR count). The zero-order valence-corrected chi connectivity index (χ0v) is 16.4. The topological polar surface area (TPSA) is 82.6 Å². The minimum atomic E-state index is -3.41. The normalized spacial score (nSPS) is 12.0. The first-order valence-electron chi connectivity index (χ1n) is 8.23. The fourth-order valence-corrected chi connectivity index (χ4v) is 3.05. The molecule has 140 valence electrons. The van der Waals surface area contributed by atoms with Crippen LogP contribution in [0.3, 0.4) is 0 Å². The maximum absolute atomic E-state index is 11.7. The van der Waals surface area contributed by atoms with Gasteiger partial charge < -0.3 is 10.6 Å². The fourth-order valence-electron chi connectivity index (χ4n) is 2.19. The van der Waals surface area contributed by atoms with Gasteiger partial charge in [0.1, 0.15) is 0 Å². The quantitative estimate of drug-likeness (QED) is 0.497. The van der Waals surface area contributed by atoms with Gasteiger partial charge in [0.05, 0.1) is 11.4 Å². The lowest BCUT2D eigenvalue weighted by Crippen LogP contribution is -2.36. The molecule has 0 spiro atoms. The van der Waals surface area contributed by atoms with Gasteiger partial charge in [0, 0.05) is 18.1 Å². The number of benzene rings is 2. The van der Waals surface area contributed by atoms with Crippen LogP contribution in [0.2, 0.25) is 5.02 Å². The highest BCUT2D eigenvalue weighted by atomic mass is 35.5. The number of hydrogen-bond donors (Lipinski definition) is 3. The summed E-state index contributed by atoms with van der Waals surface area (Å²) in [6.45, 7) is 3.81. The molecule has 0 aliphatic rings. The summed E-state index contributed by atoms with van der Waals surface area (Å²) < 4.78 is 25.8. The number of nitrogens with zero attached hydrogens (tertiary/aromatic N) is 1. The van der Waals surface area contributed by atoms with E-state index in [9.17, 15) is 8.42 Å². The Hall–Kier alpha value is -2.09. The number of hydrogen-bond acceptors (Lipinski definition) is 3. The Morgan fingerprint density at radius 2 is 1.62 bits per heavy atom. The molecule has 26 heavy (non-hydrogen) atoms. The third kappa shape index (κ3) is 6.01. The van der Waals surface area contributed by atoms with E-state index in [0.717, 1.165) is 17.7 Å². The van der Waals surface area contributed by atoms with Crippen LogP contribution in [0, 0.1) is 0 Å². The maximum atomic E-state index is 11.7. The van der Waals surface area contributed by atoms with Crippen molar-refractivity contribution in [1.29, 1.82) is 0 Å². The van der Waals surface area contributed by atoms with Crippen LogP contribution in [0.15, 0.2) is 58.4 Å². The van der Waals surface area contributed by atoms with E-state index in [1.165, 1.54) is 7.05 Å². The van der Waals surface area contributed by atoms with Gasteiger partial charge in [0.2, 0.25) is 10.0 Å². The van der Waals surface area contributed by atoms with Gasteiger partial charge in [0.15, 0.2) is 5.96 Å². The smallest absolute Gasteiger partial charge is 0.240 e. The summed E-state index contributed by atoms with van der Waals surface area (Å²) in [6.07, 6.45) is 0. The van der Waals surface area contributed by atoms with E-state index < -0.39 is 10.0 Å². The minimum absolute atomic E-state index is 0.243. The Kier molecular flexibility index (Phi) is 7.44. The summed E-state index contributed by atoms with van der Waals surface area (Å²) in [5, 5.41) is 7.13. The Morgan fingerprint density at radius 1 is 1.00 bits per heavy atom. The van der Waals surface area contributed by atoms with Crippen molar-refractivity contribution in [2.24, 2.45) is 4.99 Å². The van der Waals surface area contributed by atoms with Crippen molar-refractivity contribution in [3.63, 3.8) is 0 Å². The molecule has 0 aliphatic heterocycles. The van der Waals surface area contributed by atoms with Crippen molar-refractivity contribution in [2.45, 2.75) is 24.9 Å². The number of nitrogens with one attached hydrogen (secondary N) is 3. The van der Waals surface area contributed by atoms with Crippen LogP contribution in [-0.2, 0) is 23.1 Å². The van der Waals surface area contributed by atoms with Gasteiger partial charge in [0.25, 0.3) is 0 Å². The van der Waals surface area contributed by atoms with Crippen molar-refractivity contribution in [3.8, 4) is 0 Å². The average molecular weight is 395 g/mol. The summed E-state index contributed by atoms with van der Waals surface area (Å²) in [5.74, 6) is 0.689. The Morgan fingerprint density at radius 3 is 2.19 bits per heavy atom. The molecule has 0 saturated heterocycles. The molecule has 0 atom stereocenters. The van der Waals surface area contributed by atoms with Crippen LogP contribution in [0.1, 0.15) is 18.1 Å². The maximum Gasteiger partial charge on any atom is 0.240 e. The zero-order chi connectivity index (χ0) is 19.0. The lowest BCUT2D eigenvalue weighted by atomic mass is 10.2. The zero-order valence-electron chi connectivity index (χ0n) is 14.8. The lowest BCUT2D eigenvalue weighted by Gasteiger charge is -2.12. The van der Waals surface area contributed by atoms with Gasteiger partial charge in [-0.15, -0.1) is 0 Å². The van der Waals surface area contributed by atoms with Gasteiger partial charge in [-0.3, -0.25) is 0 Å². The highest BCUT2D eigenvalue weighted by Gasteiger charge is 2.10. The molecule has 0 fully saturated rings. The molecule has 8 heteroatoms. The van der Waals surface area contributed by atoms with Crippen LogP contribution >= 0.6 is 11.6 Å². The van der Waals surface area contributed by atoms with E-state index in [1.54, 1.807) is 24.3 Å². The van der Waals surface area contributed by atoms with Crippen LogP contribution in [0.25, 0.3) is 0 Å². The predicted octanol–water partition coefficient (Wildman–Crippen LogP) is 2.50. The minimum Gasteiger partial charge on any atom is -0.357 e. The van der Waals surface area contributed by atoms with E-state index in [2.05, 4.69) is 20.3 Å². The van der Waals surface area contributed by atoms with Gasteiger partial charge in [-0.05, 0) is 49.4 Å². The molecular weight excluding hydrogens is 372 g/mol. The number of halogens is 1. The SMILES string of the molecule is CCNC(=NCc1ccc(Cl)cc1)NCc1ccc(S(=O)(=O)NC)cc1. The number of guanidine groups is 1. The molecule has 3 N–H and O–H groups in total. The first-order chi connectivity index (χ1) is 12.4. The number of aliphatic imine (C=N–C) groups is 1. The summed E-state index contributed by atoms with van der Waals surface area (Å²) in [4.78, 5) is 4.79. The van der Waals surface area contributed by atoms with Crippen molar-refractivity contribution in [3.05, 3.63) is 64.7 Å². The highest BCUT2D eigenvalue weighted by Crippen LogP contribution is 2.11. The number of rotatable bonds is 7. The second kappa shape index (κ2) is 9.56. The van der Waals surface area contributed by atoms with Gasteiger partial charge in [-0.1, -0.05) is 35.9 Å². The number of sulfonamides is 1. The summed E-state index contributed by atoms with van der Waals surface area (Å²) in [5.41, 5.74) is 2.02. The molecule has 0 saturated carbocycles. The summed E-state index contributed by atoms with van der Waals surface area (Å²) in [7, 11) is -2.02. The van der Waals surface area contributed by atoms with Crippen LogP contribution in [0.4, 0.5) is 0 Å². The molecule has 0 amide bonds. The van der Waals surface area contributed by atoms with Gasteiger partial charge >= 0.3 is 0 Å². The molecule has 2 aromatic rings. The largest absolute Gasteiger partial charge is 0.357 e. The monoisotopic (exact) mass is 394 g/mol. The molecule has 0 unspecified atom stereocenters. The van der Waals surface area contributed by atoms with Crippen molar-refractivity contribution in [2.75, 3.05) is 13.6 Å². The van der Waals surface area contributed by atoms with E-state index >= 15 is 0 Å². The van der Waals surface area contributed by atoms with E-state index in [4.69, 9.17) is 11.6 Å². The predicted molar refractivity (Wildman–Crippen MR) is 106 cm³/mol. The third-order valence-corrected chi connectivity index (χ3v) is 5.32. The van der Waals surface area contributed by atoms with Gasteiger partial charge in [-0.25, -0.2) is 18.1 Å². The van der Waals surface area contributed by atoms with Crippen LogP contribution in [-0.4, -0.2) is 28.0 Å². The fraction of sp³-hybridized carbons (Fsp3) is 0.278. The average Bonchev–Trinajstić information content (AvgIpc) is 2.65. The molecule has 0 aromatic heterocycles. The Bertz CT molecular complexity index is 834. The van der Waals surface area contributed by atoms with Crippen LogP contribution < -0.4 is 15.4 Å². The molecule has 0 bridgehead atoms. The molecule has 0 aliphatic carbocycles. The van der Waals surface area contributed by atoms with Gasteiger partial charge in [-0.2, -0.15) is 0 Å². The van der Waals surface area contributed by atoms with E-state index in [-0.39, 0.29) is 4.90 Å². The standard InChI is InChI=1S/C18H23ClN4O2S/c1-3-21-18(22-12-14-4-8-16(19)9-5-14)23-13-15-6-10-17(11-7-15)26(24,25)20-2/h4-11,20H,3,12-13H2,1-2H3,(H2,21,22,23). The first-order valence-corrected chi connectivity index (χ1v) is 10.1.